The fourth-order valence-electron chi connectivity index (χ4n) is 3.52. The molecular weight excluding hydrogens is 353 g/mol. The molecule has 0 atom stereocenters. The van der Waals surface area contributed by atoms with Crippen molar-refractivity contribution in [2.75, 3.05) is 51.6 Å². The van der Waals surface area contributed by atoms with Crippen LogP contribution in [0.4, 0.5) is 10.2 Å². The van der Waals surface area contributed by atoms with E-state index in [1.54, 1.807) is 12.1 Å². The van der Waals surface area contributed by atoms with E-state index in [-0.39, 0.29) is 5.82 Å². The van der Waals surface area contributed by atoms with Gasteiger partial charge < -0.3 is 15.1 Å². The van der Waals surface area contributed by atoms with Crippen molar-refractivity contribution in [2.45, 2.75) is 6.42 Å². The summed E-state index contributed by atoms with van der Waals surface area (Å²) in [4.78, 5) is 14.3. The molecule has 1 saturated heterocycles. The van der Waals surface area contributed by atoms with Gasteiger partial charge in [-0.3, -0.25) is 0 Å². The molecule has 4 rings (SSSR count). The van der Waals surface area contributed by atoms with Crippen LogP contribution < -0.4 is 5.32 Å². The molecule has 1 N–H and O–H groups in total. The third-order valence-corrected chi connectivity index (χ3v) is 5.25. The highest BCUT2D eigenvalue weighted by Gasteiger charge is 2.13. The minimum absolute atomic E-state index is 0.258. The highest BCUT2D eigenvalue weighted by atomic mass is 19.1. The molecule has 2 aromatic carbocycles. The molecule has 0 spiro atoms. The summed E-state index contributed by atoms with van der Waals surface area (Å²) in [6, 6.07) is 14.3. The lowest BCUT2D eigenvalue weighted by Gasteiger charge is -2.32. The van der Waals surface area contributed by atoms with Crippen molar-refractivity contribution in [1.29, 1.82) is 0 Å². The number of aromatic nitrogens is 2. The van der Waals surface area contributed by atoms with Gasteiger partial charge >= 0.3 is 0 Å². The number of halogens is 1. The molecule has 0 aliphatic carbocycles. The van der Waals surface area contributed by atoms with Crippen LogP contribution >= 0.6 is 0 Å². The first-order valence-corrected chi connectivity index (χ1v) is 9.86. The molecule has 28 heavy (non-hydrogen) atoms. The number of anilines is 1. The van der Waals surface area contributed by atoms with E-state index < -0.39 is 0 Å². The molecule has 0 saturated carbocycles. The molecule has 3 aromatic rings. The Morgan fingerprint density at radius 2 is 1.71 bits per heavy atom. The minimum atomic E-state index is -0.258. The standard InChI is InChI=1S/C22H26FN5/c1-27-13-15-28(16-14-27)12-4-11-24-22-19-5-2-3-6-20(19)25-21(26-22)17-7-9-18(23)10-8-17/h2-3,5-10H,4,11-16H2,1H3,(H,24,25,26). The van der Waals surface area contributed by atoms with Gasteiger partial charge in [-0.05, 0) is 56.4 Å². The van der Waals surface area contributed by atoms with Crippen molar-refractivity contribution in [3.05, 3.63) is 54.3 Å². The highest BCUT2D eigenvalue weighted by molar-refractivity contribution is 5.90. The molecule has 1 aromatic heterocycles. The van der Waals surface area contributed by atoms with Crippen LogP contribution in [0.15, 0.2) is 48.5 Å². The van der Waals surface area contributed by atoms with Crippen LogP contribution in [0.3, 0.4) is 0 Å². The van der Waals surface area contributed by atoms with Gasteiger partial charge in [0.25, 0.3) is 0 Å². The van der Waals surface area contributed by atoms with E-state index in [0.717, 1.165) is 68.0 Å². The van der Waals surface area contributed by atoms with E-state index in [9.17, 15) is 4.39 Å². The summed E-state index contributed by atoms with van der Waals surface area (Å²) in [6.45, 7) is 6.52. The molecule has 6 heteroatoms. The van der Waals surface area contributed by atoms with Gasteiger partial charge in [0.15, 0.2) is 5.82 Å². The van der Waals surface area contributed by atoms with E-state index in [0.29, 0.717) is 5.82 Å². The summed E-state index contributed by atoms with van der Waals surface area (Å²) in [7, 11) is 2.18. The number of nitrogens with zero attached hydrogens (tertiary/aromatic N) is 4. The quantitative estimate of drug-likeness (QED) is 0.664. The summed E-state index contributed by atoms with van der Waals surface area (Å²) in [6.07, 6.45) is 1.06. The second-order valence-corrected chi connectivity index (χ2v) is 7.35. The Balaban J connectivity index is 1.47. The fraction of sp³-hybridized carbons (Fsp3) is 0.364. The number of hydrogen-bond donors (Lipinski definition) is 1. The van der Waals surface area contributed by atoms with Gasteiger partial charge in [0, 0.05) is 43.7 Å². The SMILES string of the molecule is CN1CCN(CCCNc2nc(-c3ccc(F)cc3)nc3ccccc23)CC1. The van der Waals surface area contributed by atoms with Crippen LogP contribution in [0.25, 0.3) is 22.3 Å². The molecule has 5 nitrogen and oxygen atoms in total. The van der Waals surface area contributed by atoms with E-state index in [1.165, 1.54) is 12.1 Å². The largest absolute Gasteiger partial charge is 0.369 e. The van der Waals surface area contributed by atoms with E-state index in [1.807, 2.05) is 24.3 Å². The van der Waals surface area contributed by atoms with Crippen molar-refractivity contribution in [2.24, 2.45) is 0 Å². The zero-order valence-corrected chi connectivity index (χ0v) is 16.2. The third kappa shape index (κ3) is 4.46. The molecule has 0 bridgehead atoms. The molecule has 1 aliphatic rings. The van der Waals surface area contributed by atoms with Crippen molar-refractivity contribution >= 4 is 16.7 Å². The summed E-state index contributed by atoms with van der Waals surface area (Å²) in [5, 5.41) is 4.50. The van der Waals surface area contributed by atoms with Gasteiger partial charge in [0.2, 0.25) is 0 Å². The average Bonchev–Trinajstić information content (AvgIpc) is 2.73. The van der Waals surface area contributed by atoms with Gasteiger partial charge in [-0.2, -0.15) is 0 Å². The van der Waals surface area contributed by atoms with Crippen LogP contribution in [0.2, 0.25) is 0 Å². The second kappa shape index (κ2) is 8.63. The second-order valence-electron chi connectivity index (χ2n) is 7.35. The lowest BCUT2D eigenvalue weighted by Crippen LogP contribution is -2.44. The van der Waals surface area contributed by atoms with Crippen molar-refractivity contribution in [3.63, 3.8) is 0 Å². The van der Waals surface area contributed by atoms with Gasteiger partial charge in [-0.25, -0.2) is 14.4 Å². The molecule has 0 amide bonds. The summed E-state index contributed by atoms with van der Waals surface area (Å²) in [5.74, 6) is 1.19. The molecule has 0 unspecified atom stereocenters. The Morgan fingerprint density at radius 1 is 0.964 bits per heavy atom. The first-order chi connectivity index (χ1) is 13.7. The predicted molar refractivity (Wildman–Crippen MR) is 112 cm³/mol. The first kappa shape index (κ1) is 18.8. The van der Waals surface area contributed by atoms with E-state index >= 15 is 0 Å². The maximum absolute atomic E-state index is 13.3. The molecule has 2 heterocycles. The maximum Gasteiger partial charge on any atom is 0.162 e. The van der Waals surface area contributed by atoms with Crippen molar-refractivity contribution < 1.29 is 4.39 Å². The van der Waals surface area contributed by atoms with Gasteiger partial charge in [0.05, 0.1) is 5.52 Å². The Hall–Kier alpha value is -2.57. The first-order valence-electron chi connectivity index (χ1n) is 9.86. The zero-order valence-electron chi connectivity index (χ0n) is 16.2. The normalized spacial score (nSPS) is 15.8. The number of nitrogens with one attached hydrogen (secondary N) is 1. The third-order valence-electron chi connectivity index (χ3n) is 5.25. The summed E-state index contributed by atoms with van der Waals surface area (Å²) in [5.41, 5.74) is 1.70. The zero-order chi connectivity index (χ0) is 19.3. The highest BCUT2D eigenvalue weighted by Crippen LogP contribution is 2.25. The van der Waals surface area contributed by atoms with Crippen LogP contribution in [0.1, 0.15) is 6.42 Å². The van der Waals surface area contributed by atoms with Crippen molar-refractivity contribution in [3.8, 4) is 11.4 Å². The van der Waals surface area contributed by atoms with Crippen molar-refractivity contribution in [1.82, 2.24) is 19.8 Å². The monoisotopic (exact) mass is 379 g/mol. The molecule has 1 aliphatic heterocycles. The smallest absolute Gasteiger partial charge is 0.162 e. The number of benzene rings is 2. The van der Waals surface area contributed by atoms with E-state index in [4.69, 9.17) is 4.98 Å². The lowest BCUT2D eigenvalue weighted by atomic mass is 10.2. The predicted octanol–water partition coefficient (Wildman–Crippen LogP) is 3.49. The van der Waals surface area contributed by atoms with Gasteiger partial charge in [0.1, 0.15) is 11.6 Å². The van der Waals surface area contributed by atoms with Gasteiger partial charge in [-0.1, -0.05) is 12.1 Å². The minimum Gasteiger partial charge on any atom is -0.369 e. The topological polar surface area (TPSA) is 44.3 Å². The summed E-state index contributed by atoms with van der Waals surface area (Å²) < 4.78 is 13.3. The maximum atomic E-state index is 13.3. The Morgan fingerprint density at radius 3 is 2.50 bits per heavy atom. The molecule has 146 valence electrons. The van der Waals surface area contributed by atoms with Crippen LogP contribution in [0, 0.1) is 5.82 Å². The molecule has 0 radical (unpaired) electrons. The number of para-hydroxylation sites is 1. The average molecular weight is 379 g/mol. The van der Waals surface area contributed by atoms with Crippen LogP contribution in [-0.2, 0) is 0 Å². The number of hydrogen-bond acceptors (Lipinski definition) is 5. The number of likely N-dealkylation sites (N-methyl/N-ethyl adjacent to an activating group) is 1. The van der Waals surface area contributed by atoms with Crippen LogP contribution in [-0.4, -0.2) is 66.1 Å². The molecule has 1 fully saturated rings. The number of piperazine rings is 1. The fourth-order valence-corrected chi connectivity index (χ4v) is 3.52. The van der Waals surface area contributed by atoms with E-state index in [2.05, 4.69) is 27.1 Å². The van der Waals surface area contributed by atoms with Crippen LogP contribution in [0.5, 0.6) is 0 Å². The lowest BCUT2D eigenvalue weighted by molar-refractivity contribution is 0.154. The number of fused-ring (bicyclic) bond motifs is 1. The molecular formula is C22H26FN5. The Labute approximate surface area is 165 Å². The number of rotatable bonds is 6. The summed E-state index contributed by atoms with van der Waals surface area (Å²) >= 11 is 0. The van der Waals surface area contributed by atoms with Gasteiger partial charge in [-0.15, -0.1) is 0 Å². The Kier molecular flexibility index (Phi) is 5.78. The Bertz CT molecular complexity index is 920.